The molecule has 0 radical (unpaired) electrons. The van der Waals surface area contributed by atoms with E-state index in [1.807, 2.05) is 29.6 Å². The summed E-state index contributed by atoms with van der Waals surface area (Å²) in [4.78, 5) is 9.57. The van der Waals surface area contributed by atoms with Gasteiger partial charge in [-0.1, -0.05) is 17.8 Å². The van der Waals surface area contributed by atoms with Gasteiger partial charge in [-0.3, -0.25) is 0 Å². The summed E-state index contributed by atoms with van der Waals surface area (Å²) < 4.78 is 10.9. The minimum Gasteiger partial charge on any atom is -0.493 e. The summed E-state index contributed by atoms with van der Waals surface area (Å²) in [6.07, 6.45) is 4.39. The lowest BCUT2D eigenvalue weighted by molar-refractivity contribution is 0.356. The van der Waals surface area contributed by atoms with Crippen LogP contribution in [0.15, 0.2) is 34.7 Å². The van der Waals surface area contributed by atoms with Crippen molar-refractivity contribution in [3.8, 4) is 28.1 Å². The van der Waals surface area contributed by atoms with Crippen molar-refractivity contribution in [3.63, 3.8) is 0 Å². The molecule has 0 bridgehead atoms. The molecule has 148 valence electrons. The molecule has 0 spiro atoms. The highest BCUT2D eigenvalue weighted by Gasteiger charge is 2.17. The van der Waals surface area contributed by atoms with Crippen LogP contribution in [0.4, 0.5) is 0 Å². The third-order valence-electron chi connectivity index (χ3n) is 4.93. The first-order valence-corrected chi connectivity index (χ1v) is 11.3. The van der Waals surface area contributed by atoms with E-state index >= 15 is 0 Å². The normalized spacial score (nSPS) is 12.9. The van der Waals surface area contributed by atoms with E-state index in [1.165, 1.54) is 18.4 Å². The van der Waals surface area contributed by atoms with Gasteiger partial charge in [-0.05, 0) is 49.4 Å². The Morgan fingerprint density at radius 1 is 1.17 bits per heavy atom. The molecule has 29 heavy (non-hydrogen) atoms. The smallest absolute Gasteiger partial charge is 0.170 e. The topological polar surface area (TPSA) is 68.0 Å². The van der Waals surface area contributed by atoms with Gasteiger partial charge in [-0.25, -0.2) is 9.97 Å². The number of aryl methyl sites for hydroxylation is 2. The minimum absolute atomic E-state index is 0.667. The minimum atomic E-state index is 0.667. The summed E-state index contributed by atoms with van der Waals surface area (Å²) in [5.41, 5.74) is 4.93. The van der Waals surface area contributed by atoms with E-state index in [1.54, 1.807) is 37.3 Å². The van der Waals surface area contributed by atoms with Gasteiger partial charge in [0.15, 0.2) is 11.5 Å². The highest BCUT2D eigenvalue weighted by Crippen LogP contribution is 2.39. The van der Waals surface area contributed by atoms with Crippen LogP contribution in [0.3, 0.4) is 0 Å². The monoisotopic (exact) mass is 423 g/mol. The average Bonchev–Trinajstić information content (AvgIpc) is 3.25. The summed E-state index contributed by atoms with van der Waals surface area (Å²) in [5, 5.41) is 13.3. The van der Waals surface area contributed by atoms with E-state index in [-0.39, 0.29) is 0 Å². The zero-order chi connectivity index (χ0) is 20.2. The Labute approximate surface area is 178 Å². The molecule has 1 aliphatic rings. The first-order chi connectivity index (χ1) is 14.2. The largest absolute Gasteiger partial charge is 0.493 e. The molecule has 1 aliphatic carbocycles. The second-order valence-corrected chi connectivity index (χ2v) is 8.56. The lowest BCUT2D eigenvalue weighted by Crippen LogP contribution is -2.07. The molecule has 0 amide bonds. The number of fused-ring (bicyclic) bond motifs is 1. The van der Waals surface area contributed by atoms with Crippen LogP contribution in [0, 0.1) is 11.3 Å². The number of thioether (sulfide) groups is 1. The summed E-state index contributed by atoms with van der Waals surface area (Å²) in [6, 6.07) is 10.1. The Morgan fingerprint density at radius 2 is 2.03 bits per heavy atom. The van der Waals surface area contributed by atoms with E-state index in [9.17, 15) is 5.26 Å². The van der Waals surface area contributed by atoms with Crippen LogP contribution in [-0.4, -0.2) is 24.2 Å². The number of pyridine rings is 1. The molecule has 0 atom stereocenters. The fourth-order valence-corrected chi connectivity index (χ4v) is 5.31. The maximum absolute atomic E-state index is 9.53. The van der Waals surface area contributed by atoms with Gasteiger partial charge in [0, 0.05) is 16.8 Å². The molecule has 3 aromatic rings. The molecule has 5 nitrogen and oxygen atoms in total. The first kappa shape index (κ1) is 19.7. The lowest BCUT2D eigenvalue weighted by Gasteiger charge is -2.16. The summed E-state index contributed by atoms with van der Waals surface area (Å²) in [6.45, 7) is 0. The molecule has 7 heteroatoms. The van der Waals surface area contributed by atoms with E-state index in [0.29, 0.717) is 22.8 Å². The predicted octanol–water partition coefficient (Wildman–Crippen LogP) is 5.27. The van der Waals surface area contributed by atoms with Gasteiger partial charge in [0.05, 0.1) is 31.0 Å². The van der Waals surface area contributed by atoms with Crippen LogP contribution in [0.2, 0.25) is 0 Å². The Kier molecular flexibility index (Phi) is 6.02. The Bertz CT molecular complexity index is 1070. The molecule has 0 N–H and O–H groups in total. The molecular weight excluding hydrogens is 402 g/mol. The molecule has 0 fully saturated rings. The van der Waals surface area contributed by atoms with E-state index < -0.39 is 0 Å². The molecule has 0 unspecified atom stereocenters. The van der Waals surface area contributed by atoms with Crippen molar-refractivity contribution in [2.75, 3.05) is 14.2 Å². The molecule has 0 saturated heterocycles. The fourth-order valence-electron chi connectivity index (χ4n) is 3.50. The number of ether oxygens (including phenoxy) is 2. The van der Waals surface area contributed by atoms with Crippen molar-refractivity contribution >= 4 is 23.1 Å². The van der Waals surface area contributed by atoms with Crippen LogP contribution in [-0.2, 0) is 18.6 Å². The third kappa shape index (κ3) is 4.09. The van der Waals surface area contributed by atoms with Crippen LogP contribution in [0.1, 0.15) is 35.4 Å². The van der Waals surface area contributed by atoms with E-state index in [4.69, 9.17) is 19.4 Å². The van der Waals surface area contributed by atoms with Crippen LogP contribution in [0.25, 0.3) is 10.6 Å². The number of thiazole rings is 1. The number of rotatable bonds is 6. The Hall–Kier alpha value is -2.56. The summed E-state index contributed by atoms with van der Waals surface area (Å²) >= 11 is 3.15. The molecule has 0 saturated carbocycles. The number of hydrogen-bond acceptors (Lipinski definition) is 7. The zero-order valence-corrected chi connectivity index (χ0v) is 18.0. The van der Waals surface area contributed by atoms with Crippen molar-refractivity contribution in [3.05, 3.63) is 52.2 Å². The van der Waals surface area contributed by atoms with Crippen molar-refractivity contribution in [2.24, 2.45) is 0 Å². The van der Waals surface area contributed by atoms with Crippen molar-refractivity contribution in [1.29, 1.82) is 5.26 Å². The molecular formula is C22H21N3O2S2. The van der Waals surface area contributed by atoms with Gasteiger partial charge in [-0.15, -0.1) is 11.3 Å². The highest BCUT2D eigenvalue weighted by atomic mass is 32.2. The van der Waals surface area contributed by atoms with E-state index in [2.05, 4.69) is 6.07 Å². The quantitative estimate of drug-likeness (QED) is 0.504. The average molecular weight is 424 g/mol. The molecule has 0 aliphatic heterocycles. The third-order valence-corrected chi connectivity index (χ3v) is 6.88. The summed E-state index contributed by atoms with van der Waals surface area (Å²) in [7, 11) is 3.26. The van der Waals surface area contributed by atoms with Gasteiger partial charge >= 0.3 is 0 Å². The zero-order valence-electron chi connectivity index (χ0n) is 16.4. The number of para-hydroxylation sites is 1. The lowest BCUT2D eigenvalue weighted by atomic mass is 9.95. The maximum Gasteiger partial charge on any atom is 0.170 e. The molecule has 4 rings (SSSR count). The van der Waals surface area contributed by atoms with Gasteiger partial charge in [0.25, 0.3) is 0 Å². The highest BCUT2D eigenvalue weighted by molar-refractivity contribution is 7.98. The number of hydrogen-bond donors (Lipinski definition) is 0. The van der Waals surface area contributed by atoms with Gasteiger partial charge in [0.2, 0.25) is 0 Å². The molecule has 2 aromatic heterocycles. The predicted molar refractivity (Wildman–Crippen MR) is 116 cm³/mol. The Balaban J connectivity index is 1.55. The standard InChI is InChI=1S/C22H21N3O2S2/c1-26-19-9-5-7-17(20(19)27-2)22-24-16(13-29-22)12-28-21-15(11-23)10-14-6-3-4-8-18(14)25-21/h5,7,9-10,13H,3-4,6,8,12H2,1-2H3. The van der Waals surface area contributed by atoms with Crippen molar-refractivity contribution in [2.45, 2.75) is 36.5 Å². The number of aromatic nitrogens is 2. The fraction of sp³-hybridized carbons (Fsp3) is 0.318. The maximum atomic E-state index is 9.53. The van der Waals surface area contributed by atoms with Crippen LogP contribution in [0.5, 0.6) is 11.5 Å². The van der Waals surface area contributed by atoms with E-state index in [0.717, 1.165) is 39.8 Å². The van der Waals surface area contributed by atoms with Gasteiger partial charge < -0.3 is 9.47 Å². The Morgan fingerprint density at radius 3 is 2.83 bits per heavy atom. The van der Waals surface area contributed by atoms with Crippen LogP contribution >= 0.6 is 23.1 Å². The number of benzene rings is 1. The number of nitrogens with zero attached hydrogens (tertiary/aromatic N) is 3. The van der Waals surface area contributed by atoms with Gasteiger partial charge in [-0.2, -0.15) is 5.26 Å². The summed E-state index contributed by atoms with van der Waals surface area (Å²) in [5.74, 6) is 2.04. The van der Waals surface area contributed by atoms with Crippen molar-refractivity contribution < 1.29 is 9.47 Å². The number of nitriles is 1. The first-order valence-electron chi connectivity index (χ1n) is 9.45. The molecule has 2 heterocycles. The van der Waals surface area contributed by atoms with Crippen LogP contribution < -0.4 is 9.47 Å². The SMILES string of the molecule is COc1cccc(-c2nc(CSc3nc4c(cc3C#N)CCCC4)cs2)c1OC. The second kappa shape index (κ2) is 8.85. The molecule has 1 aromatic carbocycles. The second-order valence-electron chi connectivity index (χ2n) is 6.74. The number of methoxy groups -OCH3 is 2. The van der Waals surface area contributed by atoms with Crippen molar-refractivity contribution in [1.82, 2.24) is 9.97 Å². The van der Waals surface area contributed by atoms with Gasteiger partial charge in [0.1, 0.15) is 16.1 Å².